The molecule has 1 nitrogen and oxygen atoms in total. The molecule has 0 aromatic heterocycles. The van der Waals surface area contributed by atoms with Gasteiger partial charge < -0.3 is 5.11 Å². The fraction of sp³-hybridized carbons (Fsp3) is 0.714. The van der Waals surface area contributed by atoms with Gasteiger partial charge in [-0.1, -0.05) is 6.08 Å². The molecule has 0 aliphatic carbocycles. The van der Waals surface area contributed by atoms with E-state index in [4.69, 9.17) is 5.11 Å². The molecule has 2 heteroatoms. The van der Waals surface area contributed by atoms with Gasteiger partial charge in [-0.05, 0) is 19.4 Å². The highest BCUT2D eigenvalue weighted by Gasteiger charge is 2.26. The zero-order valence-electron chi connectivity index (χ0n) is 5.85. The Labute approximate surface area is 60.2 Å². The molecule has 1 N–H and O–H groups in total. The normalized spacial score (nSPS) is 24.1. The van der Waals surface area contributed by atoms with Gasteiger partial charge in [0.15, 0.2) is 0 Å². The topological polar surface area (TPSA) is 20.2 Å². The van der Waals surface area contributed by atoms with Gasteiger partial charge >= 0.3 is 0 Å². The molecule has 9 heavy (non-hydrogen) atoms. The predicted molar refractivity (Wildman–Crippen MR) is 41.7 cm³/mol. The van der Waals surface area contributed by atoms with Gasteiger partial charge in [0.1, 0.15) is 0 Å². The summed E-state index contributed by atoms with van der Waals surface area (Å²) in [6.45, 7) is 4.51. The molecular weight excluding hydrogens is 132 g/mol. The first-order valence-corrected chi connectivity index (χ1v) is 4.10. The molecule has 0 aromatic rings. The molecule has 0 aromatic carbocycles. The van der Waals surface area contributed by atoms with Crippen LogP contribution in [0.15, 0.2) is 11.6 Å². The Balaban J connectivity index is 2.69. The molecule has 0 atom stereocenters. The van der Waals surface area contributed by atoms with E-state index < -0.39 is 0 Å². The van der Waals surface area contributed by atoms with E-state index in [9.17, 15) is 0 Å². The summed E-state index contributed by atoms with van der Waals surface area (Å²) < 4.78 is 0.189. The van der Waals surface area contributed by atoms with E-state index in [1.165, 1.54) is 5.57 Å². The second-order valence-corrected chi connectivity index (χ2v) is 4.35. The highest BCUT2D eigenvalue weighted by atomic mass is 32.2. The van der Waals surface area contributed by atoms with E-state index in [0.29, 0.717) is 0 Å². The number of hydrogen-bond acceptors (Lipinski definition) is 2. The van der Waals surface area contributed by atoms with Gasteiger partial charge in [-0.15, -0.1) is 11.8 Å². The van der Waals surface area contributed by atoms with Crippen LogP contribution in [0.1, 0.15) is 13.8 Å². The molecule has 1 aliphatic heterocycles. The van der Waals surface area contributed by atoms with E-state index in [-0.39, 0.29) is 11.4 Å². The van der Waals surface area contributed by atoms with E-state index in [1.807, 2.05) is 11.8 Å². The summed E-state index contributed by atoms with van der Waals surface area (Å²) in [5.41, 5.74) is 1.17. The van der Waals surface area contributed by atoms with E-state index >= 15 is 0 Å². The van der Waals surface area contributed by atoms with Gasteiger partial charge in [-0.2, -0.15) is 0 Å². The van der Waals surface area contributed by atoms with Crippen LogP contribution < -0.4 is 0 Å². The van der Waals surface area contributed by atoms with Gasteiger partial charge in [0, 0.05) is 10.5 Å². The Morgan fingerprint density at radius 1 is 1.78 bits per heavy atom. The lowest BCUT2D eigenvalue weighted by Crippen LogP contribution is -2.16. The second kappa shape index (κ2) is 2.35. The van der Waals surface area contributed by atoms with Crippen molar-refractivity contribution in [1.82, 2.24) is 0 Å². The van der Waals surface area contributed by atoms with Crippen molar-refractivity contribution in [3.8, 4) is 0 Å². The van der Waals surface area contributed by atoms with Crippen molar-refractivity contribution in [2.45, 2.75) is 18.6 Å². The van der Waals surface area contributed by atoms with Crippen LogP contribution in [0.4, 0.5) is 0 Å². The zero-order valence-corrected chi connectivity index (χ0v) is 6.66. The Kier molecular flexibility index (Phi) is 1.87. The van der Waals surface area contributed by atoms with Crippen LogP contribution in [0, 0.1) is 0 Å². The lowest BCUT2D eigenvalue weighted by molar-refractivity contribution is 0.323. The van der Waals surface area contributed by atoms with Crippen LogP contribution in [0.25, 0.3) is 0 Å². The number of aliphatic hydroxyl groups is 1. The highest BCUT2D eigenvalue weighted by Crippen LogP contribution is 2.37. The SMILES string of the molecule is CC1(C)SCC=C1CO. The van der Waals surface area contributed by atoms with Crippen LogP contribution >= 0.6 is 11.8 Å². The smallest absolute Gasteiger partial charge is 0.0655 e. The molecule has 0 saturated carbocycles. The third kappa shape index (κ3) is 1.30. The Hall–Kier alpha value is 0.0500. The van der Waals surface area contributed by atoms with Crippen molar-refractivity contribution in [1.29, 1.82) is 0 Å². The Morgan fingerprint density at radius 3 is 2.67 bits per heavy atom. The molecule has 1 rings (SSSR count). The summed E-state index contributed by atoms with van der Waals surface area (Å²) in [5.74, 6) is 1.06. The van der Waals surface area contributed by atoms with Gasteiger partial charge in [-0.3, -0.25) is 0 Å². The monoisotopic (exact) mass is 144 g/mol. The maximum absolute atomic E-state index is 8.82. The third-order valence-corrected chi connectivity index (χ3v) is 3.03. The van der Waals surface area contributed by atoms with Crippen LogP contribution in [-0.2, 0) is 0 Å². The molecule has 0 unspecified atom stereocenters. The lowest BCUT2D eigenvalue weighted by Gasteiger charge is -2.19. The van der Waals surface area contributed by atoms with Crippen molar-refractivity contribution >= 4 is 11.8 Å². The van der Waals surface area contributed by atoms with Crippen LogP contribution in [0.5, 0.6) is 0 Å². The molecule has 0 spiro atoms. The predicted octanol–water partition coefficient (Wildman–Crippen LogP) is 1.43. The first-order chi connectivity index (χ1) is 4.17. The van der Waals surface area contributed by atoms with E-state index in [1.54, 1.807) is 0 Å². The largest absolute Gasteiger partial charge is 0.392 e. The fourth-order valence-electron chi connectivity index (χ4n) is 0.944. The number of rotatable bonds is 1. The second-order valence-electron chi connectivity index (χ2n) is 2.71. The Morgan fingerprint density at radius 2 is 2.44 bits per heavy atom. The van der Waals surface area contributed by atoms with Gasteiger partial charge in [0.05, 0.1) is 6.61 Å². The number of hydrogen-bond donors (Lipinski definition) is 1. The minimum absolute atomic E-state index is 0.189. The molecule has 52 valence electrons. The molecule has 0 fully saturated rings. The first-order valence-electron chi connectivity index (χ1n) is 3.11. The Bertz CT molecular complexity index is 138. The molecule has 0 radical (unpaired) electrons. The summed E-state index contributed by atoms with van der Waals surface area (Å²) in [4.78, 5) is 0. The molecule has 0 saturated heterocycles. The number of thioether (sulfide) groups is 1. The van der Waals surface area contributed by atoms with Crippen LogP contribution in [0.3, 0.4) is 0 Å². The summed E-state index contributed by atoms with van der Waals surface area (Å²) in [7, 11) is 0. The number of aliphatic hydroxyl groups excluding tert-OH is 1. The lowest BCUT2D eigenvalue weighted by atomic mass is 10.0. The summed E-state index contributed by atoms with van der Waals surface area (Å²) in [6.07, 6.45) is 2.12. The van der Waals surface area contributed by atoms with Gasteiger partial charge in [0.25, 0.3) is 0 Å². The average Bonchev–Trinajstić information content (AvgIpc) is 2.08. The molecule has 0 amide bonds. The van der Waals surface area contributed by atoms with E-state index in [2.05, 4.69) is 19.9 Å². The minimum Gasteiger partial charge on any atom is -0.392 e. The molecular formula is C7H12OS. The molecule has 1 heterocycles. The quantitative estimate of drug-likeness (QED) is 0.562. The van der Waals surface area contributed by atoms with E-state index in [0.717, 1.165) is 5.75 Å². The minimum atomic E-state index is 0.189. The van der Waals surface area contributed by atoms with Crippen molar-refractivity contribution < 1.29 is 5.11 Å². The van der Waals surface area contributed by atoms with Gasteiger partial charge in [-0.25, -0.2) is 0 Å². The van der Waals surface area contributed by atoms with Crippen LogP contribution in [-0.4, -0.2) is 22.2 Å². The highest BCUT2D eigenvalue weighted by molar-refractivity contribution is 8.01. The maximum atomic E-state index is 8.82. The average molecular weight is 144 g/mol. The molecule has 1 aliphatic rings. The summed E-state index contributed by atoms with van der Waals surface area (Å²) in [6, 6.07) is 0. The van der Waals surface area contributed by atoms with Crippen molar-refractivity contribution in [2.24, 2.45) is 0 Å². The van der Waals surface area contributed by atoms with Gasteiger partial charge in [0.2, 0.25) is 0 Å². The standard InChI is InChI=1S/C7H12OS/c1-7(2)6(5-8)3-4-9-7/h3,8H,4-5H2,1-2H3. The fourth-order valence-corrected chi connectivity index (χ4v) is 1.98. The summed E-state index contributed by atoms with van der Waals surface area (Å²) in [5, 5.41) is 8.82. The maximum Gasteiger partial charge on any atom is 0.0655 e. The third-order valence-electron chi connectivity index (χ3n) is 1.72. The van der Waals surface area contributed by atoms with Crippen molar-refractivity contribution in [3.63, 3.8) is 0 Å². The van der Waals surface area contributed by atoms with Crippen LogP contribution in [0.2, 0.25) is 0 Å². The summed E-state index contributed by atoms with van der Waals surface area (Å²) >= 11 is 1.88. The van der Waals surface area contributed by atoms with Crippen molar-refractivity contribution in [3.05, 3.63) is 11.6 Å². The zero-order chi connectivity index (χ0) is 6.91. The van der Waals surface area contributed by atoms with Crippen molar-refractivity contribution in [2.75, 3.05) is 12.4 Å². The molecule has 0 bridgehead atoms. The first kappa shape index (κ1) is 7.16.